The second-order valence-electron chi connectivity index (χ2n) is 9.97. The molecule has 1 saturated heterocycles. The predicted molar refractivity (Wildman–Crippen MR) is 129 cm³/mol. The molecular weight excluding hydrogens is 476 g/mol. The lowest BCUT2D eigenvalue weighted by Crippen LogP contribution is -2.54. The number of halogens is 1. The summed E-state index contributed by atoms with van der Waals surface area (Å²) in [7, 11) is 3.25. The van der Waals surface area contributed by atoms with E-state index >= 15 is 0 Å². The number of carbonyl (C=O) groups is 1. The Morgan fingerprint density at radius 2 is 1.94 bits per heavy atom. The summed E-state index contributed by atoms with van der Waals surface area (Å²) in [6.07, 6.45) is 9.26. The minimum absolute atomic E-state index is 0.182. The zero-order valence-corrected chi connectivity index (χ0v) is 20.8. The third kappa shape index (κ3) is 4.24. The maximum Gasteiger partial charge on any atom is 0.229 e. The van der Waals surface area contributed by atoms with Crippen LogP contribution in [0.25, 0.3) is 0 Å². The fourth-order valence-electron chi connectivity index (χ4n) is 6.85. The van der Waals surface area contributed by atoms with E-state index in [0.717, 1.165) is 47.8 Å². The summed E-state index contributed by atoms with van der Waals surface area (Å²) in [5.41, 5.74) is 0.968. The van der Waals surface area contributed by atoms with Crippen molar-refractivity contribution in [3.05, 3.63) is 18.2 Å². The summed E-state index contributed by atoms with van der Waals surface area (Å²) in [5, 5.41) is 0.821. The minimum atomic E-state index is 0.182. The van der Waals surface area contributed by atoms with E-state index in [1.807, 2.05) is 23.1 Å². The highest BCUT2D eigenvalue weighted by Crippen LogP contribution is 2.65. The highest BCUT2D eigenvalue weighted by molar-refractivity contribution is 9.10. The molecule has 2 atom stereocenters. The van der Waals surface area contributed by atoms with Gasteiger partial charge < -0.3 is 9.47 Å². The maximum absolute atomic E-state index is 13.6. The molecule has 4 saturated carbocycles. The van der Waals surface area contributed by atoms with Crippen LogP contribution in [0.2, 0.25) is 0 Å². The van der Waals surface area contributed by atoms with Crippen LogP contribution in [0.5, 0.6) is 11.5 Å². The molecule has 1 aromatic rings. The van der Waals surface area contributed by atoms with Crippen molar-refractivity contribution in [2.75, 3.05) is 26.5 Å². The zero-order valence-electron chi connectivity index (χ0n) is 18.4. The van der Waals surface area contributed by atoms with Crippen LogP contribution in [0.1, 0.15) is 51.4 Å². The second kappa shape index (κ2) is 8.29. The maximum atomic E-state index is 13.6. The molecule has 1 amide bonds. The van der Waals surface area contributed by atoms with E-state index in [1.54, 1.807) is 26.0 Å². The fraction of sp³-hybridized carbons (Fsp3) is 0.667. The standard InChI is InChI=1S/C24H31BrN2O3S/c1-29-19-5-4-18(9-20(19)30-2)26-22-27(6-3-7-31-22)21(28)14-23-10-16-8-17(11-23)13-24(25,12-16)15-23/h4-5,9,16-17H,3,6-8,10-15H2,1-2H3. The first-order valence-electron chi connectivity index (χ1n) is 11.3. The molecule has 5 nitrogen and oxygen atoms in total. The van der Waals surface area contributed by atoms with E-state index in [0.29, 0.717) is 17.9 Å². The molecule has 0 aromatic heterocycles. The molecule has 4 bridgehead atoms. The SMILES string of the molecule is COc1ccc(N=C2SCCCN2C(=O)CC23CC4CC(CC(Br)(C4)C2)C3)cc1OC. The number of amides is 1. The summed E-state index contributed by atoms with van der Waals surface area (Å²) in [5.74, 6) is 4.17. The Hall–Kier alpha value is -1.21. The van der Waals surface area contributed by atoms with Gasteiger partial charge in [0, 0.05) is 29.1 Å². The second-order valence-corrected chi connectivity index (χ2v) is 12.7. The summed E-state index contributed by atoms with van der Waals surface area (Å²) in [6.45, 7) is 0.764. The number of ether oxygens (including phenoxy) is 2. The fourth-order valence-corrected chi connectivity index (χ4v) is 9.33. The Bertz CT molecular complexity index is 891. The van der Waals surface area contributed by atoms with Crippen LogP contribution < -0.4 is 9.47 Å². The van der Waals surface area contributed by atoms with E-state index < -0.39 is 0 Å². The Balaban J connectivity index is 1.36. The van der Waals surface area contributed by atoms with E-state index in [2.05, 4.69) is 15.9 Å². The summed E-state index contributed by atoms with van der Waals surface area (Å²) in [6, 6.07) is 5.65. The lowest BCUT2D eigenvalue weighted by Gasteiger charge is -2.60. The first-order chi connectivity index (χ1) is 14.9. The van der Waals surface area contributed by atoms with Gasteiger partial charge in [0.15, 0.2) is 16.7 Å². The Kier molecular flexibility index (Phi) is 5.78. The molecule has 2 unspecified atom stereocenters. The number of rotatable bonds is 5. The summed E-state index contributed by atoms with van der Waals surface area (Å²) in [4.78, 5) is 20.4. The van der Waals surface area contributed by atoms with Crippen molar-refractivity contribution >= 4 is 44.5 Å². The number of thioether (sulfide) groups is 1. The average Bonchev–Trinajstić information content (AvgIpc) is 2.71. The Morgan fingerprint density at radius 3 is 2.61 bits per heavy atom. The molecule has 1 aliphatic heterocycles. The van der Waals surface area contributed by atoms with Gasteiger partial charge in [0.2, 0.25) is 5.91 Å². The lowest BCUT2D eigenvalue weighted by atomic mass is 9.48. The number of methoxy groups -OCH3 is 2. The largest absolute Gasteiger partial charge is 0.493 e. The molecule has 5 aliphatic rings. The van der Waals surface area contributed by atoms with Crippen LogP contribution in [-0.2, 0) is 4.79 Å². The van der Waals surface area contributed by atoms with Crippen molar-refractivity contribution in [2.45, 2.75) is 55.7 Å². The molecule has 31 heavy (non-hydrogen) atoms. The van der Waals surface area contributed by atoms with E-state index in [4.69, 9.17) is 14.5 Å². The number of hydrogen-bond acceptors (Lipinski definition) is 5. The number of benzene rings is 1. The van der Waals surface area contributed by atoms with E-state index in [1.165, 1.54) is 32.1 Å². The molecular formula is C24H31BrN2O3S. The third-order valence-electron chi connectivity index (χ3n) is 7.52. The first kappa shape index (κ1) is 21.6. The van der Waals surface area contributed by atoms with Crippen LogP contribution in [0.4, 0.5) is 5.69 Å². The van der Waals surface area contributed by atoms with Crippen molar-refractivity contribution in [1.29, 1.82) is 0 Å². The smallest absolute Gasteiger partial charge is 0.229 e. The van der Waals surface area contributed by atoms with Gasteiger partial charge in [-0.2, -0.15) is 0 Å². The van der Waals surface area contributed by atoms with Crippen molar-refractivity contribution in [3.63, 3.8) is 0 Å². The molecule has 7 heteroatoms. The molecule has 0 N–H and O–H groups in total. The van der Waals surface area contributed by atoms with Gasteiger partial charge in [-0.05, 0) is 74.3 Å². The molecule has 6 rings (SSSR count). The quantitative estimate of drug-likeness (QED) is 0.474. The van der Waals surface area contributed by atoms with Gasteiger partial charge in [0.25, 0.3) is 0 Å². The highest BCUT2D eigenvalue weighted by atomic mass is 79.9. The van der Waals surface area contributed by atoms with Crippen LogP contribution in [0, 0.1) is 17.3 Å². The van der Waals surface area contributed by atoms with Gasteiger partial charge >= 0.3 is 0 Å². The number of aliphatic imine (C=N–C) groups is 1. The zero-order chi connectivity index (χ0) is 21.6. The molecule has 4 aliphatic carbocycles. The number of hydrogen-bond donors (Lipinski definition) is 0. The van der Waals surface area contributed by atoms with E-state index in [-0.39, 0.29) is 15.6 Å². The third-order valence-corrected chi connectivity index (χ3v) is 9.51. The minimum Gasteiger partial charge on any atom is -0.493 e. The number of nitrogens with zero attached hydrogens (tertiary/aromatic N) is 2. The van der Waals surface area contributed by atoms with Crippen molar-refractivity contribution in [1.82, 2.24) is 4.90 Å². The Labute approximate surface area is 197 Å². The van der Waals surface area contributed by atoms with Crippen LogP contribution in [0.15, 0.2) is 23.2 Å². The topological polar surface area (TPSA) is 51.1 Å². The monoisotopic (exact) mass is 506 g/mol. The van der Waals surface area contributed by atoms with Crippen molar-refractivity contribution < 1.29 is 14.3 Å². The van der Waals surface area contributed by atoms with Gasteiger partial charge in [-0.1, -0.05) is 27.7 Å². The first-order valence-corrected chi connectivity index (χ1v) is 13.1. The van der Waals surface area contributed by atoms with Gasteiger partial charge in [-0.3, -0.25) is 9.69 Å². The predicted octanol–water partition coefficient (Wildman–Crippen LogP) is 5.78. The molecule has 1 aromatic carbocycles. The van der Waals surface area contributed by atoms with Crippen LogP contribution in [-0.4, -0.2) is 46.8 Å². The van der Waals surface area contributed by atoms with Crippen molar-refractivity contribution in [2.24, 2.45) is 22.2 Å². The van der Waals surface area contributed by atoms with Gasteiger partial charge in [-0.25, -0.2) is 4.99 Å². The van der Waals surface area contributed by atoms with Gasteiger partial charge in [-0.15, -0.1) is 0 Å². The number of carbonyl (C=O) groups excluding carboxylic acids is 1. The molecule has 1 heterocycles. The van der Waals surface area contributed by atoms with Crippen LogP contribution in [0.3, 0.4) is 0 Å². The molecule has 0 spiro atoms. The van der Waals surface area contributed by atoms with Gasteiger partial charge in [0.1, 0.15) is 0 Å². The van der Waals surface area contributed by atoms with Crippen molar-refractivity contribution in [3.8, 4) is 11.5 Å². The highest BCUT2D eigenvalue weighted by Gasteiger charge is 2.57. The lowest BCUT2D eigenvalue weighted by molar-refractivity contribution is -0.134. The summed E-state index contributed by atoms with van der Waals surface area (Å²) >= 11 is 5.77. The summed E-state index contributed by atoms with van der Waals surface area (Å²) < 4.78 is 11.0. The Morgan fingerprint density at radius 1 is 1.19 bits per heavy atom. The number of alkyl halides is 1. The van der Waals surface area contributed by atoms with Gasteiger partial charge in [0.05, 0.1) is 19.9 Å². The normalized spacial score (nSPS) is 35.5. The van der Waals surface area contributed by atoms with E-state index in [9.17, 15) is 4.79 Å². The molecule has 168 valence electrons. The number of amidine groups is 1. The van der Waals surface area contributed by atoms with Crippen LogP contribution >= 0.6 is 27.7 Å². The molecule has 5 fully saturated rings. The average molecular weight is 507 g/mol. The molecule has 0 radical (unpaired) electrons.